The van der Waals surface area contributed by atoms with E-state index in [1.54, 1.807) is 30.8 Å². The lowest BCUT2D eigenvalue weighted by Gasteiger charge is -2.10. The largest absolute Gasteiger partial charge is 0.481 e. The highest BCUT2D eigenvalue weighted by atomic mass is 35.5. The molecule has 0 saturated carbocycles. The molecule has 4 heterocycles. The van der Waals surface area contributed by atoms with Crippen LogP contribution < -0.4 is 15.4 Å². The van der Waals surface area contributed by atoms with Gasteiger partial charge in [-0.25, -0.2) is 9.50 Å². The van der Waals surface area contributed by atoms with Gasteiger partial charge >= 0.3 is 0 Å². The van der Waals surface area contributed by atoms with Crippen molar-refractivity contribution < 1.29 is 14.3 Å². The van der Waals surface area contributed by atoms with Crippen LogP contribution in [0.2, 0.25) is 0 Å². The van der Waals surface area contributed by atoms with Crippen molar-refractivity contribution in [3.8, 4) is 16.3 Å². The van der Waals surface area contributed by atoms with Gasteiger partial charge < -0.3 is 15.4 Å². The van der Waals surface area contributed by atoms with Gasteiger partial charge in [-0.05, 0) is 25.1 Å². The lowest BCUT2D eigenvalue weighted by molar-refractivity contribution is -0.113. The Morgan fingerprint density at radius 3 is 2.87 bits per heavy atom. The van der Waals surface area contributed by atoms with Gasteiger partial charge in [0.1, 0.15) is 10.7 Å². The van der Waals surface area contributed by atoms with Gasteiger partial charge in [0.15, 0.2) is 0 Å². The standard InChI is InChI=1S/C20H17ClN6O3S/c1-11-15(6-12(8-23-11)25-17(28)7-21)26-18(29)14-9-24-27-10-16(31-20(14)27)13-4-3-5-22-19(13)30-2/h3-6,8-10H,7H2,1-2H3,(H,25,28)(H,26,29). The van der Waals surface area contributed by atoms with Crippen LogP contribution in [-0.2, 0) is 4.79 Å². The number of nitrogens with one attached hydrogen (secondary N) is 2. The third-order valence-electron chi connectivity index (χ3n) is 4.41. The maximum atomic E-state index is 13.0. The minimum Gasteiger partial charge on any atom is -0.481 e. The lowest BCUT2D eigenvalue weighted by Crippen LogP contribution is -2.15. The van der Waals surface area contributed by atoms with Gasteiger partial charge in [0.05, 0.1) is 52.6 Å². The third kappa shape index (κ3) is 4.21. The molecule has 0 aliphatic heterocycles. The molecule has 0 atom stereocenters. The van der Waals surface area contributed by atoms with E-state index in [1.807, 2.05) is 18.3 Å². The number of thiazole rings is 1. The monoisotopic (exact) mass is 456 g/mol. The number of ether oxygens (including phenoxy) is 1. The summed E-state index contributed by atoms with van der Waals surface area (Å²) in [5.74, 6) is -0.380. The summed E-state index contributed by atoms with van der Waals surface area (Å²) < 4.78 is 6.97. The zero-order valence-corrected chi connectivity index (χ0v) is 18.1. The molecule has 0 aliphatic rings. The third-order valence-corrected chi connectivity index (χ3v) is 5.80. The maximum Gasteiger partial charge on any atom is 0.260 e. The summed E-state index contributed by atoms with van der Waals surface area (Å²) in [6.07, 6.45) is 6.49. The molecule has 11 heteroatoms. The van der Waals surface area contributed by atoms with Crippen LogP contribution in [-0.4, -0.2) is 44.4 Å². The number of hydrogen-bond donors (Lipinski definition) is 2. The van der Waals surface area contributed by atoms with E-state index in [2.05, 4.69) is 25.7 Å². The van der Waals surface area contributed by atoms with Crippen LogP contribution in [0.15, 0.2) is 43.0 Å². The van der Waals surface area contributed by atoms with Crippen LogP contribution in [0.3, 0.4) is 0 Å². The van der Waals surface area contributed by atoms with Crippen molar-refractivity contribution in [3.63, 3.8) is 0 Å². The molecule has 4 rings (SSSR count). The number of nitrogens with zero attached hydrogens (tertiary/aromatic N) is 4. The number of methoxy groups -OCH3 is 1. The Kier molecular flexibility index (Phi) is 5.83. The number of pyridine rings is 2. The quantitative estimate of drug-likeness (QED) is 0.429. The number of hydrogen-bond acceptors (Lipinski definition) is 7. The molecule has 0 aliphatic carbocycles. The topological polar surface area (TPSA) is 111 Å². The van der Waals surface area contributed by atoms with Crippen LogP contribution >= 0.6 is 22.9 Å². The Hall–Kier alpha value is -3.50. The number of alkyl halides is 1. The Morgan fingerprint density at radius 2 is 2.10 bits per heavy atom. The first kappa shape index (κ1) is 20.8. The van der Waals surface area contributed by atoms with Crippen molar-refractivity contribution in [1.29, 1.82) is 0 Å². The van der Waals surface area contributed by atoms with E-state index in [-0.39, 0.29) is 17.7 Å². The first-order valence-electron chi connectivity index (χ1n) is 9.10. The maximum absolute atomic E-state index is 13.0. The van der Waals surface area contributed by atoms with E-state index < -0.39 is 0 Å². The number of amides is 2. The molecular weight excluding hydrogens is 440 g/mol. The van der Waals surface area contributed by atoms with E-state index in [0.717, 1.165) is 10.4 Å². The van der Waals surface area contributed by atoms with Crippen LogP contribution in [0, 0.1) is 6.92 Å². The van der Waals surface area contributed by atoms with Gasteiger partial charge in [0, 0.05) is 12.4 Å². The zero-order chi connectivity index (χ0) is 22.0. The number of carbonyl (C=O) groups is 2. The van der Waals surface area contributed by atoms with Gasteiger partial charge in [-0.1, -0.05) is 0 Å². The highest BCUT2D eigenvalue weighted by Crippen LogP contribution is 2.35. The number of anilines is 2. The number of fused-ring (bicyclic) bond motifs is 1. The summed E-state index contributed by atoms with van der Waals surface area (Å²) in [6, 6.07) is 5.35. The molecule has 2 N–H and O–H groups in total. The Bertz CT molecular complexity index is 1290. The molecule has 0 aromatic carbocycles. The minimum absolute atomic E-state index is 0.174. The van der Waals surface area contributed by atoms with Crippen LogP contribution in [0.4, 0.5) is 11.4 Å². The van der Waals surface area contributed by atoms with E-state index in [0.29, 0.717) is 33.3 Å². The summed E-state index contributed by atoms with van der Waals surface area (Å²) in [5.41, 5.74) is 2.74. The first-order chi connectivity index (χ1) is 15.0. The van der Waals surface area contributed by atoms with E-state index in [4.69, 9.17) is 16.3 Å². The molecule has 4 aromatic rings. The number of carbonyl (C=O) groups excluding carboxylic acids is 2. The summed E-state index contributed by atoms with van der Waals surface area (Å²) >= 11 is 6.93. The molecule has 0 radical (unpaired) electrons. The summed E-state index contributed by atoms with van der Waals surface area (Å²) in [6.45, 7) is 1.76. The second-order valence-electron chi connectivity index (χ2n) is 6.46. The molecule has 31 heavy (non-hydrogen) atoms. The van der Waals surface area contributed by atoms with Crippen LogP contribution in [0.5, 0.6) is 5.88 Å². The fourth-order valence-electron chi connectivity index (χ4n) is 2.92. The molecular formula is C20H17ClN6O3S. The van der Waals surface area contributed by atoms with Gasteiger partial charge in [0.25, 0.3) is 5.91 Å². The predicted octanol–water partition coefficient (Wildman–Crippen LogP) is 3.60. The molecule has 9 nitrogen and oxygen atoms in total. The molecule has 0 fully saturated rings. The first-order valence-corrected chi connectivity index (χ1v) is 10.5. The highest BCUT2D eigenvalue weighted by molar-refractivity contribution is 7.21. The Balaban J connectivity index is 1.62. The van der Waals surface area contributed by atoms with Crippen molar-refractivity contribution in [2.45, 2.75) is 6.92 Å². The molecule has 0 spiro atoms. The molecule has 0 unspecified atom stereocenters. The minimum atomic E-state index is -0.361. The average Bonchev–Trinajstić information content (AvgIpc) is 3.36. The van der Waals surface area contributed by atoms with Crippen molar-refractivity contribution >= 4 is 51.0 Å². The molecule has 158 valence electrons. The van der Waals surface area contributed by atoms with Gasteiger partial charge in [-0.2, -0.15) is 5.10 Å². The fraction of sp³-hybridized carbons (Fsp3) is 0.150. The van der Waals surface area contributed by atoms with Crippen LogP contribution in [0.1, 0.15) is 16.1 Å². The normalized spacial score (nSPS) is 10.8. The van der Waals surface area contributed by atoms with Crippen molar-refractivity contribution in [2.75, 3.05) is 23.6 Å². The van der Waals surface area contributed by atoms with Gasteiger partial charge in [0.2, 0.25) is 11.8 Å². The number of aromatic nitrogens is 4. The molecule has 0 saturated heterocycles. The smallest absolute Gasteiger partial charge is 0.260 e. The molecule has 0 bridgehead atoms. The van der Waals surface area contributed by atoms with Crippen molar-refractivity contribution in [3.05, 3.63) is 54.2 Å². The molecule has 4 aromatic heterocycles. The van der Waals surface area contributed by atoms with Crippen LogP contribution in [0.25, 0.3) is 15.3 Å². The summed E-state index contributed by atoms with van der Waals surface area (Å²) in [5, 5.41) is 9.74. The highest BCUT2D eigenvalue weighted by Gasteiger charge is 2.19. The van der Waals surface area contributed by atoms with E-state index in [1.165, 1.54) is 23.7 Å². The van der Waals surface area contributed by atoms with E-state index in [9.17, 15) is 9.59 Å². The summed E-state index contributed by atoms with van der Waals surface area (Å²) in [7, 11) is 1.56. The van der Waals surface area contributed by atoms with Crippen molar-refractivity contribution in [2.24, 2.45) is 0 Å². The second kappa shape index (κ2) is 8.70. The van der Waals surface area contributed by atoms with Crippen molar-refractivity contribution in [1.82, 2.24) is 19.6 Å². The Labute approximate surface area is 186 Å². The zero-order valence-electron chi connectivity index (χ0n) is 16.5. The second-order valence-corrected chi connectivity index (χ2v) is 7.75. The number of aryl methyl sites for hydroxylation is 1. The SMILES string of the molecule is COc1ncccc1-c1cn2ncc(C(=O)Nc3cc(NC(=O)CCl)cnc3C)c2s1. The van der Waals surface area contributed by atoms with Gasteiger partial charge in [-0.15, -0.1) is 22.9 Å². The fourth-order valence-corrected chi connectivity index (χ4v) is 4.06. The Morgan fingerprint density at radius 1 is 1.26 bits per heavy atom. The lowest BCUT2D eigenvalue weighted by atomic mass is 10.2. The van der Waals surface area contributed by atoms with E-state index >= 15 is 0 Å². The molecule has 2 amide bonds. The summed E-state index contributed by atoms with van der Waals surface area (Å²) in [4.78, 5) is 34.5. The number of rotatable bonds is 6. The predicted molar refractivity (Wildman–Crippen MR) is 119 cm³/mol. The number of halogens is 1. The van der Waals surface area contributed by atoms with Gasteiger partial charge in [-0.3, -0.25) is 14.6 Å². The average molecular weight is 457 g/mol.